The van der Waals surface area contributed by atoms with Crippen LogP contribution in [0.1, 0.15) is 31.1 Å². The summed E-state index contributed by atoms with van der Waals surface area (Å²) >= 11 is 11.8. The number of rotatable bonds is 8. The molecule has 0 aliphatic rings. The Hall–Kier alpha value is -2.06. The van der Waals surface area contributed by atoms with Gasteiger partial charge in [-0.15, -0.1) is 0 Å². The number of halogens is 2. The molecule has 0 aliphatic heterocycles. The third-order valence-corrected chi connectivity index (χ3v) is 6.63. The van der Waals surface area contributed by atoms with Crippen molar-refractivity contribution in [1.82, 2.24) is 14.3 Å². The molecule has 0 amide bonds. The number of ether oxygens (including phenoxy) is 1. The number of imidazole rings is 1. The van der Waals surface area contributed by atoms with Crippen LogP contribution in [-0.4, -0.2) is 18.0 Å². The molecule has 0 spiro atoms. The minimum atomic E-state index is -3.79. The van der Waals surface area contributed by atoms with Crippen molar-refractivity contribution in [3.8, 4) is 6.01 Å². The highest BCUT2D eigenvalue weighted by Crippen LogP contribution is 2.26. The molecule has 29 heavy (non-hydrogen) atoms. The highest BCUT2D eigenvalue weighted by Gasteiger charge is 2.23. The molecule has 0 radical (unpaired) electrons. The first-order valence-corrected chi connectivity index (χ1v) is 11.2. The Labute approximate surface area is 180 Å². The molecule has 1 aromatic heterocycles. The second-order valence-electron chi connectivity index (χ2n) is 6.40. The van der Waals surface area contributed by atoms with Crippen molar-refractivity contribution in [3.63, 3.8) is 0 Å². The molecule has 3 aromatic rings. The summed E-state index contributed by atoms with van der Waals surface area (Å²) in [6, 6.07) is 13.8. The van der Waals surface area contributed by atoms with E-state index in [4.69, 9.17) is 27.9 Å². The number of hydrogen-bond donors (Lipinski definition) is 1. The van der Waals surface area contributed by atoms with Crippen molar-refractivity contribution >= 4 is 33.2 Å². The number of hydrogen-bond acceptors (Lipinski definition) is 4. The molecule has 1 atom stereocenters. The van der Waals surface area contributed by atoms with Crippen LogP contribution in [0.15, 0.2) is 59.6 Å². The average Bonchev–Trinajstić information content (AvgIpc) is 3.12. The van der Waals surface area contributed by atoms with Gasteiger partial charge in [-0.1, -0.05) is 53.5 Å². The van der Waals surface area contributed by atoms with Gasteiger partial charge in [0, 0.05) is 6.54 Å². The molecule has 0 saturated heterocycles. The van der Waals surface area contributed by atoms with Crippen molar-refractivity contribution in [2.75, 3.05) is 0 Å². The third-order valence-electron chi connectivity index (χ3n) is 4.35. The van der Waals surface area contributed by atoms with Gasteiger partial charge in [0.1, 0.15) is 6.61 Å². The maximum Gasteiger partial charge on any atom is 0.296 e. The van der Waals surface area contributed by atoms with E-state index < -0.39 is 16.1 Å². The predicted octanol–water partition coefficient (Wildman–Crippen LogP) is 4.83. The van der Waals surface area contributed by atoms with E-state index in [1.807, 2.05) is 41.8 Å². The van der Waals surface area contributed by atoms with Crippen LogP contribution < -0.4 is 9.46 Å². The van der Waals surface area contributed by atoms with E-state index in [2.05, 4.69) is 9.71 Å². The van der Waals surface area contributed by atoms with Gasteiger partial charge in [0.15, 0.2) is 0 Å². The Morgan fingerprint density at radius 2 is 1.86 bits per heavy atom. The lowest BCUT2D eigenvalue weighted by Gasteiger charge is -2.17. The molecule has 0 aliphatic carbocycles. The van der Waals surface area contributed by atoms with Crippen LogP contribution in [0, 0.1) is 0 Å². The van der Waals surface area contributed by atoms with Crippen LogP contribution in [0.2, 0.25) is 10.0 Å². The van der Waals surface area contributed by atoms with Gasteiger partial charge in [0.25, 0.3) is 6.01 Å². The van der Waals surface area contributed by atoms with Crippen LogP contribution >= 0.6 is 23.2 Å². The average molecular weight is 454 g/mol. The van der Waals surface area contributed by atoms with Crippen LogP contribution in [0.3, 0.4) is 0 Å². The van der Waals surface area contributed by atoms with Crippen LogP contribution in [0.5, 0.6) is 6.01 Å². The molecule has 0 bridgehead atoms. The first-order valence-electron chi connectivity index (χ1n) is 9.01. The molecule has 2 aromatic carbocycles. The summed E-state index contributed by atoms with van der Waals surface area (Å²) in [5.74, 6) is 0. The summed E-state index contributed by atoms with van der Waals surface area (Å²) in [4.78, 5) is 4.36. The standard InChI is InChI=1S/C20H21Cl2N3O3S/c1-3-25-19(12-23-20(25)28-13-15-7-5-4-6-8-15)14(2)24-29(26,27)16-9-10-17(21)18(22)11-16/h4-12,14,24H,3,13H2,1-2H3. The summed E-state index contributed by atoms with van der Waals surface area (Å²) in [7, 11) is -3.79. The van der Waals surface area contributed by atoms with Gasteiger partial charge >= 0.3 is 0 Å². The molecular weight excluding hydrogens is 433 g/mol. The molecule has 0 saturated carbocycles. The lowest BCUT2D eigenvalue weighted by Crippen LogP contribution is -2.28. The Morgan fingerprint density at radius 1 is 1.14 bits per heavy atom. The van der Waals surface area contributed by atoms with Crippen LogP contribution in [0.4, 0.5) is 0 Å². The summed E-state index contributed by atoms with van der Waals surface area (Å²) in [6.07, 6.45) is 1.62. The first kappa shape index (κ1) is 21.6. The quantitative estimate of drug-likeness (QED) is 0.529. The second-order valence-corrected chi connectivity index (χ2v) is 8.93. The monoisotopic (exact) mass is 453 g/mol. The van der Waals surface area contributed by atoms with Crippen LogP contribution in [-0.2, 0) is 23.2 Å². The molecule has 1 N–H and O–H groups in total. The van der Waals surface area contributed by atoms with Gasteiger partial charge in [-0.25, -0.2) is 18.1 Å². The van der Waals surface area contributed by atoms with Gasteiger partial charge in [0.05, 0.1) is 32.9 Å². The van der Waals surface area contributed by atoms with E-state index in [9.17, 15) is 8.42 Å². The topological polar surface area (TPSA) is 73.2 Å². The summed E-state index contributed by atoms with van der Waals surface area (Å²) < 4.78 is 35.8. The second kappa shape index (κ2) is 9.17. The Balaban J connectivity index is 1.77. The van der Waals surface area contributed by atoms with Gasteiger partial charge in [0.2, 0.25) is 10.0 Å². The summed E-state index contributed by atoms with van der Waals surface area (Å²) in [5.41, 5.74) is 1.72. The predicted molar refractivity (Wildman–Crippen MR) is 114 cm³/mol. The molecule has 1 unspecified atom stereocenters. The molecule has 154 valence electrons. The lowest BCUT2D eigenvalue weighted by atomic mass is 10.2. The number of benzene rings is 2. The molecular formula is C20H21Cl2N3O3S. The number of nitrogens with zero attached hydrogens (tertiary/aromatic N) is 2. The fraction of sp³-hybridized carbons (Fsp3) is 0.250. The van der Waals surface area contributed by atoms with E-state index in [1.54, 1.807) is 13.1 Å². The normalized spacial score (nSPS) is 12.7. The van der Waals surface area contributed by atoms with E-state index in [-0.39, 0.29) is 9.92 Å². The van der Waals surface area contributed by atoms with Gasteiger partial charge in [-0.05, 0) is 37.6 Å². The van der Waals surface area contributed by atoms with Crippen molar-refractivity contribution in [2.45, 2.75) is 37.9 Å². The Kier molecular flexibility index (Phi) is 6.85. The van der Waals surface area contributed by atoms with Gasteiger partial charge in [-0.3, -0.25) is 4.57 Å². The number of nitrogens with one attached hydrogen (secondary N) is 1. The zero-order valence-electron chi connectivity index (χ0n) is 16.0. The smallest absolute Gasteiger partial charge is 0.296 e. The van der Waals surface area contributed by atoms with Crippen molar-refractivity contribution in [2.24, 2.45) is 0 Å². The molecule has 1 heterocycles. The van der Waals surface area contributed by atoms with Gasteiger partial charge < -0.3 is 4.74 Å². The zero-order valence-corrected chi connectivity index (χ0v) is 18.3. The molecule has 9 heteroatoms. The highest BCUT2D eigenvalue weighted by molar-refractivity contribution is 7.89. The Bertz CT molecular complexity index is 1090. The van der Waals surface area contributed by atoms with Crippen molar-refractivity contribution in [1.29, 1.82) is 0 Å². The summed E-state index contributed by atoms with van der Waals surface area (Å²) in [6.45, 7) is 4.65. The lowest BCUT2D eigenvalue weighted by molar-refractivity contribution is 0.266. The largest absolute Gasteiger partial charge is 0.460 e. The maximum absolute atomic E-state index is 12.7. The van der Waals surface area contributed by atoms with E-state index in [0.29, 0.717) is 29.9 Å². The first-order chi connectivity index (χ1) is 13.8. The maximum atomic E-state index is 12.7. The van der Waals surface area contributed by atoms with Crippen molar-refractivity contribution < 1.29 is 13.2 Å². The highest BCUT2D eigenvalue weighted by atomic mass is 35.5. The summed E-state index contributed by atoms with van der Waals surface area (Å²) in [5, 5.41) is 0.473. The van der Waals surface area contributed by atoms with E-state index in [0.717, 1.165) is 5.56 Å². The molecule has 6 nitrogen and oxygen atoms in total. The fourth-order valence-electron chi connectivity index (χ4n) is 2.88. The minimum absolute atomic E-state index is 0.0434. The fourth-order valence-corrected chi connectivity index (χ4v) is 4.48. The van der Waals surface area contributed by atoms with E-state index >= 15 is 0 Å². The number of aromatic nitrogens is 2. The van der Waals surface area contributed by atoms with Crippen molar-refractivity contribution in [3.05, 3.63) is 76.0 Å². The SMILES string of the molecule is CCn1c(C(C)NS(=O)(=O)c2ccc(Cl)c(Cl)c2)cnc1OCc1ccccc1. The van der Waals surface area contributed by atoms with Crippen LogP contribution in [0.25, 0.3) is 0 Å². The minimum Gasteiger partial charge on any atom is -0.460 e. The number of sulfonamides is 1. The van der Waals surface area contributed by atoms with Gasteiger partial charge in [-0.2, -0.15) is 0 Å². The van der Waals surface area contributed by atoms with E-state index in [1.165, 1.54) is 18.2 Å². The molecule has 3 rings (SSSR count). The third kappa shape index (κ3) is 5.11. The molecule has 0 fully saturated rings. The zero-order chi connectivity index (χ0) is 21.0. The Morgan fingerprint density at radius 3 is 2.52 bits per heavy atom.